The molecule has 0 N–H and O–H groups in total. The van der Waals surface area contributed by atoms with Crippen molar-refractivity contribution in [2.45, 2.75) is 13.8 Å². The van der Waals surface area contributed by atoms with Crippen molar-refractivity contribution in [3.05, 3.63) is 28.2 Å². The monoisotopic (exact) mass is 233 g/mol. The fraction of sp³-hybridized carbons (Fsp3) is 0.250. The van der Waals surface area contributed by atoms with Crippen LogP contribution in [0.15, 0.2) is 16.7 Å². The van der Waals surface area contributed by atoms with Crippen LogP contribution in [-0.2, 0) is 0 Å². The van der Waals surface area contributed by atoms with Crippen LogP contribution in [0.2, 0.25) is 0 Å². The summed E-state index contributed by atoms with van der Waals surface area (Å²) in [6.45, 7) is 4.00. The first kappa shape index (κ1) is 11.2. The first-order valence-corrected chi connectivity index (χ1v) is 4.29. The highest BCUT2D eigenvalue weighted by atomic mass is 79.9. The van der Waals surface area contributed by atoms with Crippen LogP contribution in [0.25, 0.3) is 0 Å². The van der Waals surface area contributed by atoms with Crippen molar-refractivity contribution in [2.24, 2.45) is 0 Å². The molecule has 0 aromatic carbocycles. The van der Waals surface area contributed by atoms with Crippen LogP contribution < -0.4 is 0 Å². The molecule has 0 fully saturated rings. The lowest BCUT2D eigenvalue weighted by Crippen LogP contribution is -1.90. The number of pyridine rings is 1. The Balaban J connectivity index is 0.000000561. The van der Waals surface area contributed by atoms with Gasteiger partial charge in [0, 0.05) is 10.7 Å². The van der Waals surface area contributed by atoms with Crippen molar-refractivity contribution in [1.29, 1.82) is 0 Å². The Morgan fingerprint density at radius 1 is 1.58 bits per heavy atom. The highest BCUT2D eigenvalue weighted by molar-refractivity contribution is 9.10. The van der Waals surface area contributed by atoms with Crippen molar-refractivity contribution in [2.75, 3.05) is 0 Å². The SMILES string of the molecule is CC.O=Cc1cc(Br)cnc1F. The van der Waals surface area contributed by atoms with E-state index in [2.05, 4.69) is 20.9 Å². The molecule has 0 aliphatic carbocycles. The average molecular weight is 234 g/mol. The van der Waals surface area contributed by atoms with Crippen molar-refractivity contribution in [3.63, 3.8) is 0 Å². The number of carbonyl (C=O) groups is 1. The highest BCUT2D eigenvalue weighted by Gasteiger charge is 2.00. The van der Waals surface area contributed by atoms with Gasteiger partial charge in [-0.2, -0.15) is 4.39 Å². The first-order valence-electron chi connectivity index (χ1n) is 3.50. The largest absolute Gasteiger partial charge is 0.298 e. The minimum absolute atomic E-state index is 0.0330. The molecule has 4 heteroatoms. The second kappa shape index (κ2) is 5.83. The van der Waals surface area contributed by atoms with Gasteiger partial charge in [-0.15, -0.1) is 0 Å². The molecule has 1 aromatic rings. The van der Waals surface area contributed by atoms with E-state index in [1.165, 1.54) is 12.3 Å². The summed E-state index contributed by atoms with van der Waals surface area (Å²) in [5, 5.41) is 0. The molecule has 66 valence electrons. The number of halogens is 2. The summed E-state index contributed by atoms with van der Waals surface area (Å²) in [6, 6.07) is 1.37. The molecule has 0 saturated heterocycles. The molecule has 0 bridgehead atoms. The van der Waals surface area contributed by atoms with Crippen LogP contribution in [0.3, 0.4) is 0 Å². The lowest BCUT2D eigenvalue weighted by Gasteiger charge is -1.91. The van der Waals surface area contributed by atoms with Crippen molar-refractivity contribution in [3.8, 4) is 0 Å². The first-order chi connectivity index (χ1) is 5.74. The van der Waals surface area contributed by atoms with E-state index in [9.17, 15) is 9.18 Å². The normalized spacial score (nSPS) is 8.33. The quantitative estimate of drug-likeness (QED) is 0.552. The number of hydrogen-bond donors (Lipinski definition) is 0. The van der Waals surface area contributed by atoms with Crippen molar-refractivity contribution in [1.82, 2.24) is 4.98 Å². The molecule has 1 aromatic heterocycles. The molecule has 2 nitrogen and oxygen atoms in total. The number of aromatic nitrogens is 1. The van der Waals surface area contributed by atoms with E-state index in [4.69, 9.17) is 0 Å². The van der Waals surface area contributed by atoms with E-state index in [0.29, 0.717) is 10.8 Å². The van der Waals surface area contributed by atoms with E-state index < -0.39 is 5.95 Å². The van der Waals surface area contributed by atoms with Gasteiger partial charge in [0.2, 0.25) is 5.95 Å². The number of carbonyl (C=O) groups excluding carboxylic acids is 1. The molecule has 1 rings (SSSR count). The van der Waals surface area contributed by atoms with Crippen LogP contribution in [0.4, 0.5) is 4.39 Å². The summed E-state index contributed by atoms with van der Waals surface area (Å²) in [4.78, 5) is 13.4. The van der Waals surface area contributed by atoms with Gasteiger partial charge in [0.05, 0.1) is 5.56 Å². The van der Waals surface area contributed by atoms with Gasteiger partial charge in [0.1, 0.15) is 0 Å². The number of aldehydes is 1. The lowest BCUT2D eigenvalue weighted by molar-refractivity contribution is 0.111. The van der Waals surface area contributed by atoms with Crippen molar-refractivity contribution >= 4 is 22.2 Å². The van der Waals surface area contributed by atoms with Crippen LogP contribution in [-0.4, -0.2) is 11.3 Å². The number of hydrogen-bond acceptors (Lipinski definition) is 2. The van der Waals surface area contributed by atoms with Crippen molar-refractivity contribution < 1.29 is 9.18 Å². The summed E-state index contributed by atoms with van der Waals surface area (Å²) in [7, 11) is 0. The summed E-state index contributed by atoms with van der Waals surface area (Å²) >= 11 is 3.05. The van der Waals surface area contributed by atoms with E-state index in [-0.39, 0.29) is 5.56 Å². The molecule has 0 amide bonds. The average Bonchev–Trinajstić information content (AvgIpc) is 2.13. The lowest BCUT2D eigenvalue weighted by atomic mass is 10.3. The highest BCUT2D eigenvalue weighted by Crippen LogP contribution is 2.10. The zero-order chi connectivity index (χ0) is 9.56. The van der Waals surface area contributed by atoms with Gasteiger partial charge in [-0.1, -0.05) is 13.8 Å². The molecule has 0 atom stereocenters. The van der Waals surface area contributed by atoms with Gasteiger partial charge in [-0.3, -0.25) is 4.79 Å². The zero-order valence-corrected chi connectivity index (χ0v) is 8.43. The van der Waals surface area contributed by atoms with Gasteiger partial charge in [0.25, 0.3) is 0 Å². The molecular formula is C8H9BrFNO. The van der Waals surface area contributed by atoms with Crippen LogP contribution in [0, 0.1) is 5.95 Å². The smallest absolute Gasteiger partial charge is 0.223 e. The van der Waals surface area contributed by atoms with Gasteiger partial charge >= 0.3 is 0 Å². The summed E-state index contributed by atoms with van der Waals surface area (Å²) < 4.78 is 13.0. The predicted octanol–water partition coefficient (Wildman–Crippen LogP) is 2.82. The fourth-order valence-electron chi connectivity index (χ4n) is 0.521. The molecule has 0 unspecified atom stereocenters. The third-order valence-corrected chi connectivity index (χ3v) is 1.39. The summed E-state index contributed by atoms with van der Waals surface area (Å²) in [5.74, 6) is -0.738. The Hall–Kier alpha value is -0.770. The fourth-order valence-corrected chi connectivity index (χ4v) is 0.870. The Morgan fingerprint density at radius 2 is 2.17 bits per heavy atom. The zero-order valence-electron chi connectivity index (χ0n) is 6.84. The van der Waals surface area contributed by atoms with E-state index >= 15 is 0 Å². The third-order valence-electron chi connectivity index (χ3n) is 0.960. The topological polar surface area (TPSA) is 30.0 Å². The number of nitrogens with zero attached hydrogens (tertiary/aromatic N) is 1. The predicted molar refractivity (Wildman–Crippen MR) is 48.6 cm³/mol. The van der Waals surface area contributed by atoms with Gasteiger partial charge in [-0.05, 0) is 22.0 Å². The van der Waals surface area contributed by atoms with E-state index in [1.807, 2.05) is 13.8 Å². The van der Waals surface area contributed by atoms with Crippen LogP contribution >= 0.6 is 15.9 Å². The minimum atomic E-state index is -0.738. The Labute approximate surface area is 78.9 Å². The maximum Gasteiger partial charge on any atom is 0.223 e. The molecule has 12 heavy (non-hydrogen) atoms. The second-order valence-electron chi connectivity index (χ2n) is 1.65. The van der Waals surface area contributed by atoms with E-state index in [0.717, 1.165) is 0 Å². The Morgan fingerprint density at radius 3 is 2.58 bits per heavy atom. The van der Waals surface area contributed by atoms with Crippen LogP contribution in [0.1, 0.15) is 24.2 Å². The van der Waals surface area contributed by atoms with E-state index in [1.54, 1.807) is 0 Å². The van der Waals surface area contributed by atoms with Crippen LogP contribution in [0.5, 0.6) is 0 Å². The Bertz CT molecular complexity index is 265. The molecule has 0 aliphatic rings. The second-order valence-corrected chi connectivity index (χ2v) is 2.57. The molecule has 0 aliphatic heterocycles. The molecule has 0 saturated carbocycles. The maximum atomic E-state index is 12.4. The minimum Gasteiger partial charge on any atom is -0.298 e. The molecule has 1 heterocycles. The Kier molecular flexibility index (Phi) is 5.45. The standard InChI is InChI=1S/C6H3BrFNO.C2H6/c7-5-1-4(3-10)6(8)9-2-5;1-2/h1-3H;1-2H3. The van der Waals surface area contributed by atoms with Gasteiger partial charge < -0.3 is 0 Å². The number of rotatable bonds is 1. The molecule has 0 spiro atoms. The third kappa shape index (κ3) is 3.09. The van der Waals surface area contributed by atoms with Gasteiger partial charge in [0.15, 0.2) is 6.29 Å². The maximum absolute atomic E-state index is 12.4. The molecule has 0 radical (unpaired) electrons. The molecular weight excluding hydrogens is 225 g/mol. The van der Waals surface area contributed by atoms with Gasteiger partial charge in [-0.25, -0.2) is 4.98 Å². The summed E-state index contributed by atoms with van der Waals surface area (Å²) in [5.41, 5.74) is -0.0330. The summed E-state index contributed by atoms with van der Waals surface area (Å²) in [6.07, 6.45) is 1.72.